The van der Waals surface area contributed by atoms with Gasteiger partial charge >= 0.3 is 0 Å². The minimum Gasteiger partial charge on any atom is -0.497 e. The number of carbonyl (C=O) groups is 2. The Morgan fingerprint density at radius 2 is 2.11 bits per heavy atom. The Kier molecular flexibility index (Phi) is 4.11. The van der Waals surface area contributed by atoms with Crippen LogP contribution in [-0.4, -0.2) is 45.7 Å². The van der Waals surface area contributed by atoms with Crippen LogP contribution in [0, 0.1) is 0 Å². The third-order valence-electron chi connectivity index (χ3n) is 4.59. The highest BCUT2D eigenvalue weighted by Crippen LogP contribution is 2.38. The molecule has 0 saturated carbocycles. The summed E-state index contributed by atoms with van der Waals surface area (Å²) in [6, 6.07) is 7.52. The van der Waals surface area contributed by atoms with Gasteiger partial charge in [-0.2, -0.15) is 5.10 Å². The second-order valence-corrected chi connectivity index (χ2v) is 6.10. The lowest BCUT2D eigenvalue weighted by atomic mass is 9.90. The fourth-order valence-corrected chi connectivity index (χ4v) is 3.31. The van der Waals surface area contributed by atoms with Gasteiger partial charge in [-0.3, -0.25) is 14.7 Å². The molecule has 4 rings (SSSR count). The number of ether oxygens (including phenoxy) is 1. The molecule has 3 heterocycles. The molecule has 0 bridgehead atoms. The van der Waals surface area contributed by atoms with E-state index in [4.69, 9.17) is 4.74 Å². The van der Waals surface area contributed by atoms with Crippen LogP contribution in [0.2, 0.25) is 0 Å². The van der Waals surface area contributed by atoms with Crippen molar-refractivity contribution in [3.8, 4) is 11.4 Å². The van der Waals surface area contributed by atoms with Crippen LogP contribution in [0.1, 0.15) is 34.2 Å². The predicted octanol–water partition coefficient (Wildman–Crippen LogP) is 1.44. The molecule has 2 aromatic heterocycles. The molecular weight excluding hydrogens is 348 g/mol. The van der Waals surface area contributed by atoms with Gasteiger partial charge < -0.3 is 19.9 Å². The van der Waals surface area contributed by atoms with Gasteiger partial charge in [-0.25, -0.2) is 4.98 Å². The summed E-state index contributed by atoms with van der Waals surface area (Å²) < 4.78 is 7.10. The van der Waals surface area contributed by atoms with Crippen LogP contribution >= 0.6 is 0 Å². The van der Waals surface area contributed by atoms with Crippen molar-refractivity contribution in [1.82, 2.24) is 25.1 Å². The number of nitrogens with one attached hydrogen (secondary N) is 3. The van der Waals surface area contributed by atoms with E-state index in [2.05, 4.69) is 25.8 Å². The van der Waals surface area contributed by atoms with E-state index in [1.807, 2.05) is 35.0 Å². The average Bonchev–Trinajstić information content (AvgIpc) is 3.34. The van der Waals surface area contributed by atoms with Crippen molar-refractivity contribution in [2.45, 2.75) is 12.3 Å². The zero-order chi connectivity index (χ0) is 19.0. The van der Waals surface area contributed by atoms with E-state index in [-0.39, 0.29) is 18.2 Å². The van der Waals surface area contributed by atoms with E-state index in [0.29, 0.717) is 22.9 Å². The Hall–Kier alpha value is -3.62. The zero-order valence-corrected chi connectivity index (χ0v) is 14.8. The normalized spacial score (nSPS) is 15.8. The van der Waals surface area contributed by atoms with Crippen LogP contribution in [0.3, 0.4) is 0 Å². The highest BCUT2D eigenvalue weighted by molar-refractivity contribution is 6.00. The summed E-state index contributed by atoms with van der Waals surface area (Å²) in [6.45, 7) is 0. The molecule has 27 heavy (non-hydrogen) atoms. The number of imidazole rings is 1. The van der Waals surface area contributed by atoms with E-state index < -0.39 is 5.92 Å². The molecule has 0 spiro atoms. The SMILES string of the molecule is CNC(=O)c1[nH]nc2c1C(c1nccn1-c1ccc(OC)cc1)CC(=O)N2. The maximum absolute atomic E-state index is 12.2. The van der Waals surface area contributed by atoms with Crippen molar-refractivity contribution >= 4 is 17.6 Å². The van der Waals surface area contributed by atoms with Gasteiger partial charge in [-0.05, 0) is 24.3 Å². The van der Waals surface area contributed by atoms with Gasteiger partial charge in [0, 0.05) is 37.1 Å². The van der Waals surface area contributed by atoms with E-state index in [1.54, 1.807) is 20.4 Å². The number of H-pyrrole nitrogens is 1. The van der Waals surface area contributed by atoms with Crippen LogP contribution < -0.4 is 15.4 Å². The molecule has 9 nitrogen and oxygen atoms in total. The van der Waals surface area contributed by atoms with E-state index in [1.165, 1.54) is 0 Å². The fraction of sp³-hybridized carbons (Fsp3) is 0.222. The first-order chi connectivity index (χ1) is 13.1. The molecule has 1 atom stereocenters. The first-order valence-electron chi connectivity index (χ1n) is 8.40. The Balaban J connectivity index is 1.81. The van der Waals surface area contributed by atoms with Crippen molar-refractivity contribution in [2.75, 3.05) is 19.5 Å². The number of nitrogens with zero attached hydrogens (tertiary/aromatic N) is 3. The number of carbonyl (C=O) groups excluding carboxylic acids is 2. The van der Waals surface area contributed by atoms with Gasteiger partial charge in [-0.1, -0.05) is 0 Å². The molecule has 1 unspecified atom stereocenters. The number of rotatable bonds is 4. The molecule has 1 aliphatic rings. The number of aromatic amines is 1. The van der Waals surface area contributed by atoms with Crippen LogP contribution in [0.4, 0.5) is 5.82 Å². The number of methoxy groups -OCH3 is 1. The van der Waals surface area contributed by atoms with Crippen LogP contribution in [0.25, 0.3) is 5.69 Å². The van der Waals surface area contributed by atoms with Gasteiger partial charge in [0.1, 0.15) is 17.3 Å². The molecule has 1 aliphatic heterocycles. The largest absolute Gasteiger partial charge is 0.497 e. The third-order valence-corrected chi connectivity index (χ3v) is 4.59. The summed E-state index contributed by atoms with van der Waals surface area (Å²) in [5.74, 6) is 0.884. The first-order valence-corrected chi connectivity index (χ1v) is 8.40. The molecule has 2 amide bonds. The van der Waals surface area contributed by atoms with Gasteiger partial charge in [0.15, 0.2) is 5.82 Å². The van der Waals surface area contributed by atoms with Gasteiger partial charge in [0.25, 0.3) is 5.91 Å². The number of fused-ring (bicyclic) bond motifs is 1. The summed E-state index contributed by atoms with van der Waals surface area (Å²) in [7, 11) is 3.16. The van der Waals surface area contributed by atoms with Gasteiger partial charge in [0.05, 0.1) is 13.0 Å². The van der Waals surface area contributed by atoms with Gasteiger partial charge in [0.2, 0.25) is 5.91 Å². The van der Waals surface area contributed by atoms with Crippen LogP contribution in [-0.2, 0) is 4.79 Å². The molecular formula is C18H18N6O3. The van der Waals surface area contributed by atoms with Crippen molar-refractivity contribution in [2.24, 2.45) is 0 Å². The lowest BCUT2D eigenvalue weighted by Crippen LogP contribution is -2.27. The quantitative estimate of drug-likeness (QED) is 0.646. The molecule has 0 fully saturated rings. The Morgan fingerprint density at radius 1 is 1.33 bits per heavy atom. The van der Waals surface area contributed by atoms with E-state index >= 15 is 0 Å². The molecule has 0 saturated heterocycles. The monoisotopic (exact) mass is 366 g/mol. The summed E-state index contributed by atoms with van der Waals surface area (Å²) in [4.78, 5) is 28.9. The summed E-state index contributed by atoms with van der Waals surface area (Å²) in [5, 5.41) is 12.1. The first kappa shape index (κ1) is 16.8. The van der Waals surface area contributed by atoms with Crippen molar-refractivity contribution < 1.29 is 14.3 Å². The highest BCUT2D eigenvalue weighted by atomic mass is 16.5. The van der Waals surface area contributed by atoms with E-state index in [0.717, 1.165) is 11.4 Å². The molecule has 3 N–H and O–H groups in total. The maximum Gasteiger partial charge on any atom is 0.269 e. The second kappa shape index (κ2) is 6.60. The van der Waals surface area contributed by atoms with Crippen LogP contribution in [0.15, 0.2) is 36.7 Å². The third kappa shape index (κ3) is 2.82. The van der Waals surface area contributed by atoms with Crippen molar-refractivity contribution in [3.63, 3.8) is 0 Å². The van der Waals surface area contributed by atoms with Gasteiger partial charge in [-0.15, -0.1) is 0 Å². The molecule has 0 radical (unpaired) electrons. The number of hydrogen-bond donors (Lipinski definition) is 3. The lowest BCUT2D eigenvalue weighted by molar-refractivity contribution is -0.116. The van der Waals surface area contributed by atoms with E-state index in [9.17, 15) is 9.59 Å². The Labute approximate surface area is 154 Å². The molecule has 0 aliphatic carbocycles. The summed E-state index contributed by atoms with van der Waals surface area (Å²) >= 11 is 0. The molecule has 138 valence electrons. The smallest absolute Gasteiger partial charge is 0.269 e. The topological polar surface area (TPSA) is 114 Å². The summed E-state index contributed by atoms with van der Waals surface area (Å²) in [6.07, 6.45) is 3.66. The number of anilines is 1. The second-order valence-electron chi connectivity index (χ2n) is 6.10. The minimum atomic E-state index is -0.406. The fourth-order valence-electron chi connectivity index (χ4n) is 3.31. The standard InChI is InChI=1S/C18H18N6O3/c1-19-18(26)15-14-12(9-13(25)21-16(14)23-22-15)17-20-7-8-24(17)10-3-5-11(27-2)6-4-10/h3-8,12H,9H2,1-2H3,(H,19,26)(H2,21,22,23,25). The predicted molar refractivity (Wildman–Crippen MR) is 97.2 cm³/mol. The summed E-state index contributed by atoms with van der Waals surface area (Å²) in [5.41, 5.74) is 1.83. The Bertz CT molecular complexity index is 1000. The number of amides is 2. The molecule has 1 aromatic carbocycles. The number of aromatic nitrogens is 4. The highest BCUT2D eigenvalue weighted by Gasteiger charge is 2.35. The molecule has 3 aromatic rings. The maximum atomic E-state index is 12.2. The minimum absolute atomic E-state index is 0.170. The van der Waals surface area contributed by atoms with Crippen LogP contribution in [0.5, 0.6) is 5.75 Å². The van der Waals surface area contributed by atoms with Crippen molar-refractivity contribution in [1.29, 1.82) is 0 Å². The molecule has 9 heteroatoms. The van der Waals surface area contributed by atoms with Crippen molar-refractivity contribution in [3.05, 3.63) is 53.7 Å². The number of hydrogen-bond acceptors (Lipinski definition) is 5. The lowest BCUT2D eigenvalue weighted by Gasteiger charge is -2.23. The Morgan fingerprint density at radius 3 is 2.81 bits per heavy atom. The average molecular weight is 366 g/mol. The number of benzene rings is 1. The zero-order valence-electron chi connectivity index (χ0n) is 14.8.